The highest BCUT2D eigenvalue weighted by atomic mass is 32.2. The van der Waals surface area contributed by atoms with E-state index in [1.54, 1.807) is 25.3 Å². The van der Waals surface area contributed by atoms with Crippen LogP contribution < -0.4 is 5.32 Å². The smallest absolute Gasteiger partial charge is 0.272 e. The second-order valence-electron chi connectivity index (χ2n) is 4.83. The standard InChI is InChI=1S/C13H20N2O3S/c1-9-5-6-12(7-13(9)15(16)17)11(3)14-10(2)8-19(4)18/h5-7,10-11,14H,8H2,1-4H3. The van der Waals surface area contributed by atoms with Gasteiger partial charge in [-0.05, 0) is 26.3 Å². The number of hydrogen-bond donors (Lipinski definition) is 1. The zero-order chi connectivity index (χ0) is 14.6. The Hall–Kier alpha value is -1.27. The quantitative estimate of drug-likeness (QED) is 0.642. The van der Waals surface area contributed by atoms with E-state index in [1.807, 2.05) is 19.9 Å². The zero-order valence-electron chi connectivity index (χ0n) is 11.7. The fourth-order valence-electron chi connectivity index (χ4n) is 2.02. The summed E-state index contributed by atoms with van der Waals surface area (Å²) < 4.78 is 11.1. The minimum Gasteiger partial charge on any atom is -0.307 e. The monoisotopic (exact) mass is 284 g/mol. The number of nitro benzene ring substituents is 1. The molecule has 0 bridgehead atoms. The highest BCUT2D eigenvalue weighted by molar-refractivity contribution is 7.84. The lowest BCUT2D eigenvalue weighted by atomic mass is 10.0. The molecule has 19 heavy (non-hydrogen) atoms. The maximum Gasteiger partial charge on any atom is 0.272 e. The fraction of sp³-hybridized carbons (Fsp3) is 0.538. The van der Waals surface area contributed by atoms with Gasteiger partial charge in [0.05, 0.1) is 4.92 Å². The third kappa shape index (κ3) is 4.72. The summed E-state index contributed by atoms with van der Waals surface area (Å²) in [5, 5.41) is 14.2. The summed E-state index contributed by atoms with van der Waals surface area (Å²) in [7, 11) is -0.855. The first-order valence-corrected chi connectivity index (χ1v) is 7.85. The van der Waals surface area contributed by atoms with Crippen LogP contribution in [0.2, 0.25) is 0 Å². The van der Waals surface area contributed by atoms with Gasteiger partial charge >= 0.3 is 0 Å². The van der Waals surface area contributed by atoms with Crippen LogP contribution in [0.4, 0.5) is 5.69 Å². The highest BCUT2D eigenvalue weighted by Gasteiger charge is 2.16. The fourth-order valence-corrected chi connectivity index (χ4v) is 2.82. The lowest BCUT2D eigenvalue weighted by Gasteiger charge is -2.19. The van der Waals surface area contributed by atoms with Gasteiger partial charge in [-0.1, -0.05) is 12.1 Å². The highest BCUT2D eigenvalue weighted by Crippen LogP contribution is 2.23. The largest absolute Gasteiger partial charge is 0.307 e. The van der Waals surface area contributed by atoms with Crippen molar-refractivity contribution in [1.82, 2.24) is 5.32 Å². The van der Waals surface area contributed by atoms with Crippen molar-refractivity contribution in [3.05, 3.63) is 39.4 Å². The number of hydrogen-bond acceptors (Lipinski definition) is 4. The molecule has 3 atom stereocenters. The molecule has 5 nitrogen and oxygen atoms in total. The summed E-state index contributed by atoms with van der Waals surface area (Å²) in [6.45, 7) is 5.63. The van der Waals surface area contributed by atoms with Crippen molar-refractivity contribution in [3.63, 3.8) is 0 Å². The molecule has 1 aromatic rings. The summed E-state index contributed by atoms with van der Waals surface area (Å²) in [6.07, 6.45) is 1.67. The average Bonchev–Trinajstić information content (AvgIpc) is 2.27. The molecule has 0 aromatic heterocycles. The molecule has 0 aliphatic rings. The molecule has 1 N–H and O–H groups in total. The van der Waals surface area contributed by atoms with Crippen LogP contribution in [0, 0.1) is 17.0 Å². The summed E-state index contributed by atoms with van der Waals surface area (Å²) in [4.78, 5) is 10.5. The molecular weight excluding hydrogens is 264 g/mol. The van der Waals surface area contributed by atoms with Gasteiger partial charge in [0.15, 0.2) is 0 Å². The molecule has 0 saturated carbocycles. The lowest BCUT2D eigenvalue weighted by Crippen LogP contribution is -2.33. The molecule has 0 spiro atoms. The van der Waals surface area contributed by atoms with Crippen molar-refractivity contribution in [2.45, 2.75) is 32.9 Å². The molecule has 1 aromatic carbocycles. The first kappa shape index (κ1) is 15.8. The van der Waals surface area contributed by atoms with E-state index in [1.165, 1.54) is 0 Å². The normalized spacial score (nSPS) is 15.8. The predicted octanol–water partition coefficient (Wildman–Crippen LogP) is 2.32. The van der Waals surface area contributed by atoms with Crippen LogP contribution in [0.15, 0.2) is 18.2 Å². The number of benzene rings is 1. The second kappa shape index (κ2) is 6.77. The molecule has 0 fully saturated rings. The number of nitrogens with zero attached hydrogens (tertiary/aromatic N) is 1. The van der Waals surface area contributed by atoms with E-state index in [0.29, 0.717) is 11.3 Å². The molecule has 0 amide bonds. The Kier molecular flexibility index (Phi) is 5.62. The predicted molar refractivity (Wildman–Crippen MR) is 77.8 cm³/mol. The van der Waals surface area contributed by atoms with Gasteiger partial charge in [0.25, 0.3) is 5.69 Å². The molecule has 0 radical (unpaired) electrons. The van der Waals surface area contributed by atoms with Gasteiger partial charge in [-0.25, -0.2) is 0 Å². The van der Waals surface area contributed by atoms with E-state index >= 15 is 0 Å². The summed E-state index contributed by atoms with van der Waals surface area (Å²) in [6, 6.07) is 5.33. The van der Waals surface area contributed by atoms with Gasteiger partial charge in [-0.2, -0.15) is 0 Å². The SMILES string of the molecule is Cc1ccc(C(C)NC(C)CS(C)=O)cc1[N+](=O)[O-]. The molecule has 1 rings (SSSR count). The Labute approximate surface area is 116 Å². The van der Waals surface area contributed by atoms with Crippen LogP contribution in [0.5, 0.6) is 0 Å². The van der Waals surface area contributed by atoms with Gasteiger partial charge < -0.3 is 5.32 Å². The van der Waals surface area contributed by atoms with E-state index in [0.717, 1.165) is 5.56 Å². The third-order valence-electron chi connectivity index (χ3n) is 2.95. The lowest BCUT2D eigenvalue weighted by molar-refractivity contribution is -0.385. The Morgan fingerprint density at radius 2 is 2.05 bits per heavy atom. The molecule has 0 heterocycles. The van der Waals surface area contributed by atoms with Gasteiger partial charge in [0.2, 0.25) is 0 Å². The Bertz CT molecular complexity index is 491. The summed E-state index contributed by atoms with van der Waals surface area (Å²) in [5.41, 5.74) is 1.66. The molecule has 106 valence electrons. The summed E-state index contributed by atoms with van der Waals surface area (Å²) in [5.74, 6) is 0.568. The molecular formula is C13H20N2O3S. The van der Waals surface area contributed by atoms with E-state index < -0.39 is 10.8 Å². The zero-order valence-corrected chi connectivity index (χ0v) is 12.5. The maximum absolute atomic E-state index is 11.1. The van der Waals surface area contributed by atoms with Crippen molar-refractivity contribution >= 4 is 16.5 Å². The van der Waals surface area contributed by atoms with Crippen molar-refractivity contribution in [1.29, 1.82) is 0 Å². The number of nitro groups is 1. The van der Waals surface area contributed by atoms with Crippen LogP contribution in [0.1, 0.15) is 31.0 Å². The van der Waals surface area contributed by atoms with E-state index in [4.69, 9.17) is 0 Å². The Morgan fingerprint density at radius 1 is 1.42 bits per heavy atom. The second-order valence-corrected chi connectivity index (χ2v) is 6.31. The van der Waals surface area contributed by atoms with Crippen molar-refractivity contribution < 1.29 is 9.13 Å². The minimum atomic E-state index is -0.855. The van der Waals surface area contributed by atoms with Crippen LogP contribution in [0.25, 0.3) is 0 Å². The van der Waals surface area contributed by atoms with Crippen LogP contribution in [-0.2, 0) is 10.8 Å². The van der Waals surface area contributed by atoms with Crippen LogP contribution in [0.3, 0.4) is 0 Å². The van der Waals surface area contributed by atoms with Gasteiger partial charge in [0, 0.05) is 46.5 Å². The van der Waals surface area contributed by atoms with Crippen molar-refractivity contribution in [2.24, 2.45) is 0 Å². The van der Waals surface area contributed by atoms with Gasteiger partial charge in [0.1, 0.15) is 0 Å². The molecule has 0 aliphatic carbocycles. The van der Waals surface area contributed by atoms with Crippen LogP contribution in [-0.4, -0.2) is 27.2 Å². The first-order valence-electron chi connectivity index (χ1n) is 6.12. The van der Waals surface area contributed by atoms with E-state index in [2.05, 4.69) is 5.32 Å². The molecule has 6 heteroatoms. The van der Waals surface area contributed by atoms with Gasteiger partial charge in [-0.3, -0.25) is 14.3 Å². The number of nitrogens with one attached hydrogen (secondary N) is 1. The number of rotatable bonds is 6. The third-order valence-corrected chi connectivity index (χ3v) is 3.92. The molecule has 0 saturated heterocycles. The molecule has 0 aliphatic heterocycles. The minimum absolute atomic E-state index is 0.0159. The Morgan fingerprint density at radius 3 is 2.58 bits per heavy atom. The van der Waals surface area contributed by atoms with E-state index in [-0.39, 0.29) is 22.7 Å². The van der Waals surface area contributed by atoms with Crippen LogP contribution >= 0.6 is 0 Å². The number of aryl methyl sites for hydroxylation is 1. The van der Waals surface area contributed by atoms with E-state index in [9.17, 15) is 14.3 Å². The topological polar surface area (TPSA) is 72.2 Å². The van der Waals surface area contributed by atoms with Gasteiger partial charge in [-0.15, -0.1) is 0 Å². The first-order chi connectivity index (χ1) is 8.81. The molecule has 3 unspecified atom stereocenters. The van der Waals surface area contributed by atoms with Crippen molar-refractivity contribution in [3.8, 4) is 0 Å². The van der Waals surface area contributed by atoms with Crippen molar-refractivity contribution in [2.75, 3.05) is 12.0 Å². The maximum atomic E-state index is 11.1. The summed E-state index contributed by atoms with van der Waals surface area (Å²) >= 11 is 0. The average molecular weight is 284 g/mol. The Balaban J connectivity index is 2.82.